The molecule has 0 aliphatic rings. The van der Waals surface area contributed by atoms with Gasteiger partial charge in [0.15, 0.2) is 0 Å². The van der Waals surface area contributed by atoms with Gasteiger partial charge in [0, 0.05) is 5.56 Å². The molecule has 0 aliphatic heterocycles. The Balaban J connectivity index is 1.49. The van der Waals surface area contributed by atoms with Crippen molar-refractivity contribution in [2.45, 2.75) is 12.1 Å². The third kappa shape index (κ3) is 4.93. The summed E-state index contributed by atoms with van der Waals surface area (Å²) in [5, 5.41) is 9.54. The highest BCUT2D eigenvalue weighted by Crippen LogP contribution is 2.14. The minimum Gasteiger partial charge on any atom is -0.462 e. The van der Waals surface area contributed by atoms with Crippen LogP contribution in [0.1, 0.15) is 27.7 Å². The van der Waals surface area contributed by atoms with Crippen molar-refractivity contribution in [3.8, 4) is 0 Å². The maximum atomic E-state index is 11.9. The molecule has 2 amide bonds. The Hall–Kier alpha value is -3.13. The largest absolute Gasteiger partial charge is 0.462 e. The number of imide groups is 1. The second kappa shape index (κ2) is 8.30. The predicted octanol–water partition coefficient (Wildman–Crippen LogP) is 2.93. The molecule has 0 bridgehead atoms. The standard InChI is InChI=1S/C18H16N4O3S/c1-12-7-8-14(25-12)9-10-15-19-18(22-21-15)26-11-16(23)20-17(24)13-5-3-2-4-6-13/h2-10H,11H2,1H3,(H,19,21,22)(H,20,23,24)/b10-9+. The number of benzene rings is 1. The number of carbonyl (C=O) groups excluding carboxylic acids is 2. The second-order valence-corrected chi connectivity index (χ2v) is 6.26. The summed E-state index contributed by atoms with van der Waals surface area (Å²) in [6.45, 7) is 1.87. The van der Waals surface area contributed by atoms with E-state index in [1.165, 1.54) is 0 Å². The number of nitrogens with one attached hydrogen (secondary N) is 2. The number of aryl methyl sites for hydroxylation is 1. The Morgan fingerprint density at radius 3 is 2.73 bits per heavy atom. The number of aromatic amines is 1. The molecular weight excluding hydrogens is 352 g/mol. The van der Waals surface area contributed by atoms with E-state index in [1.54, 1.807) is 42.5 Å². The smallest absolute Gasteiger partial charge is 0.257 e. The lowest BCUT2D eigenvalue weighted by Gasteiger charge is -2.02. The van der Waals surface area contributed by atoms with Crippen molar-refractivity contribution >= 4 is 35.7 Å². The van der Waals surface area contributed by atoms with Crippen LogP contribution < -0.4 is 5.32 Å². The molecule has 0 unspecified atom stereocenters. The molecule has 0 saturated carbocycles. The molecule has 0 spiro atoms. The van der Waals surface area contributed by atoms with Crippen molar-refractivity contribution in [1.29, 1.82) is 0 Å². The number of hydrogen-bond donors (Lipinski definition) is 2. The molecule has 3 aromatic rings. The number of furan rings is 1. The van der Waals surface area contributed by atoms with Crippen molar-refractivity contribution in [3.05, 3.63) is 65.4 Å². The Morgan fingerprint density at radius 1 is 1.19 bits per heavy atom. The molecule has 1 aromatic carbocycles. The monoisotopic (exact) mass is 368 g/mol. The van der Waals surface area contributed by atoms with Crippen molar-refractivity contribution < 1.29 is 14.0 Å². The number of H-pyrrole nitrogens is 1. The van der Waals surface area contributed by atoms with Crippen molar-refractivity contribution in [1.82, 2.24) is 20.5 Å². The highest BCUT2D eigenvalue weighted by molar-refractivity contribution is 7.99. The third-order valence-electron chi connectivity index (χ3n) is 3.27. The van der Waals surface area contributed by atoms with Crippen LogP contribution in [0.25, 0.3) is 12.2 Å². The minimum atomic E-state index is -0.427. The van der Waals surface area contributed by atoms with Crippen molar-refractivity contribution in [2.24, 2.45) is 0 Å². The first kappa shape index (κ1) is 17.7. The Labute approximate surface area is 153 Å². The topological polar surface area (TPSA) is 101 Å². The molecule has 132 valence electrons. The molecule has 0 fully saturated rings. The number of rotatable bonds is 6. The number of thioether (sulfide) groups is 1. The van der Waals surface area contributed by atoms with E-state index in [2.05, 4.69) is 20.5 Å². The summed E-state index contributed by atoms with van der Waals surface area (Å²) in [6, 6.07) is 12.3. The van der Waals surface area contributed by atoms with Gasteiger partial charge in [-0.3, -0.25) is 20.0 Å². The Morgan fingerprint density at radius 2 is 2.00 bits per heavy atom. The van der Waals surface area contributed by atoms with Crippen LogP contribution in [0.5, 0.6) is 0 Å². The summed E-state index contributed by atoms with van der Waals surface area (Å²) in [7, 11) is 0. The highest BCUT2D eigenvalue weighted by atomic mass is 32.2. The molecule has 8 heteroatoms. The Kier molecular flexibility index (Phi) is 5.65. The predicted molar refractivity (Wildman–Crippen MR) is 98.4 cm³/mol. The van der Waals surface area contributed by atoms with Crippen LogP contribution in [0.4, 0.5) is 0 Å². The fraction of sp³-hybridized carbons (Fsp3) is 0.111. The zero-order chi connectivity index (χ0) is 18.4. The van der Waals surface area contributed by atoms with E-state index in [4.69, 9.17) is 4.42 Å². The maximum Gasteiger partial charge on any atom is 0.257 e. The van der Waals surface area contributed by atoms with E-state index in [9.17, 15) is 9.59 Å². The van der Waals surface area contributed by atoms with Crippen LogP contribution in [0.15, 0.2) is 52.0 Å². The van der Waals surface area contributed by atoms with E-state index >= 15 is 0 Å². The fourth-order valence-electron chi connectivity index (χ4n) is 2.06. The summed E-state index contributed by atoms with van der Waals surface area (Å²) >= 11 is 1.14. The van der Waals surface area contributed by atoms with E-state index in [-0.39, 0.29) is 5.75 Å². The van der Waals surface area contributed by atoms with Gasteiger partial charge in [-0.05, 0) is 43.3 Å². The normalized spacial score (nSPS) is 11.0. The average Bonchev–Trinajstić information content (AvgIpc) is 3.27. The third-order valence-corrected chi connectivity index (χ3v) is 4.12. The van der Waals surface area contributed by atoms with E-state index in [1.807, 2.05) is 19.1 Å². The fourth-order valence-corrected chi connectivity index (χ4v) is 2.66. The Bertz CT molecular complexity index is 931. The molecule has 2 N–H and O–H groups in total. The highest BCUT2D eigenvalue weighted by Gasteiger charge is 2.11. The zero-order valence-electron chi connectivity index (χ0n) is 13.9. The van der Waals surface area contributed by atoms with Crippen LogP contribution in [-0.2, 0) is 4.79 Å². The molecule has 0 radical (unpaired) electrons. The molecule has 3 rings (SSSR count). The number of hydrogen-bond acceptors (Lipinski definition) is 6. The molecule has 2 heterocycles. The molecule has 2 aromatic heterocycles. The van der Waals surface area contributed by atoms with Crippen molar-refractivity contribution in [2.75, 3.05) is 5.75 Å². The van der Waals surface area contributed by atoms with E-state index < -0.39 is 11.8 Å². The molecule has 26 heavy (non-hydrogen) atoms. The van der Waals surface area contributed by atoms with Gasteiger partial charge in [0.25, 0.3) is 5.91 Å². The van der Waals surface area contributed by atoms with Gasteiger partial charge in [-0.2, -0.15) is 0 Å². The lowest BCUT2D eigenvalue weighted by atomic mass is 10.2. The van der Waals surface area contributed by atoms with Gasteiger partial charge in [-0.15, -0.1) is 5.10 Å². The van der Waals surface area contributed by atoms with Gasteiger partial charge in [-0.25, -0.2) is 4.98 Å². The van der Waals surface area contributed by atoms with Gasteiger partial charge in [0.1, 0.15) is 17.3 Å². The zero-order valence-corrected chi connectivity index (χ0v) is 14.7. The SMILES string of the molecule is Cc1ccc(/C=C/c2nc(SCC(=O)NC(=O)c3ccccc3)n[nH]2)o1. The lowest BCUT2D eigenvalue weighted by molar-refractivity contribution is -0.117. The first-order valence-corrected chi connectivity index (χ1v) is 8.77. The van der Waals surface area contributed by atoms with Gasteiger partial charge >= 0.3 is 0 Å². The average molecular weight is 368 g/mol. The molecule has 7 nitrogen and oxygen atoms in total. The van der Waals surface area contributed by atoms with Gasteiger partial charge in [0.2, 0.25) is 11.1 Å². The number of nitrogens with zero attached hydrogens (tertiary/aromatic N) is 2. The van der Waals surface area contributed by atoms with Crippen LogP contribution in [0.3, 0.4) is 0 Å². The first-order valence-electron chi connectivity index (χ1n) is 7.79. The summed E-state index contributed by atoms with van der Waals surface area (Å²) in [5.41, 5.74) is 0.435. The van der Waals surface area contributed by atoms with Crippen molar-refractivity contribution in [3.63, 3.8) is 0 Å². The first-order chi connectivity index (χ1) is 12.6. The number of amides is 2. The van der Waals surface area contributed by atoms with Crippen LogP contribution in [0, 0.1) is 6.92 Å². The summed E-state index contributed by atoms with van der Waals surface area (Å²) < 4.78 is 5.43. The van der Waals surface area contributed by atoms with E-state index in [0.717, 1.165) is 17.5 Å². The van der Waals surface area contributed by atoms with Gasteiger partial charge < -0.3 is 4.42 Å². The quantitative estimate of drug-likeness (QED) is 0.649. The summed E-state index contributed by atoms with van der Waals surface area (Å²) in [6.07, 6.45) is 3.50. The molecular formula is C18H16N4O3S. The van der Waals surface area contributed by atoms with Crippen LogP contribution >= 0.6 is 11.8 Å². The summed E-state index contributed by atoms with van der Waals surface area (Å²) in [5.74, 6) is 1.29. The summed E-state index contributed by atoms with van der Waals surface area (Å²) in [4.78, 5) is 28.0. The lowest BCUT2D eigenvalue weighted by Crippen LogP contribution is -2.31. The molecule has 0 saturated heterocycles. The van der Waals surface area contributed by atoms with Crippen LogP contribution in [0.2, 0.25) is 0 Å². The van der Waals surface area contributed by atoms with Gasteiger partial charge in [-0.1, -0.05) is 30.0 Å². The van der Waals surface area contributed by atoms with Gasteiger partial charge in [0.05, 0.1) is 5.75 Å². The van der Waals surface area contributed by atoms with E-state index in [0.29, 0.717) is 22.3 Å². The second-order valence-electron chi connectivity index (χ2n) is 5.32. The number of carbonyl (C=O) groups is 2. The molecule has 0 aliphatic carbocycles. The molecule has 0 atom stereocenters. The van der Waals surface area contributed by atoms with Crippen LogP contribution in [-0.4, -0.2) is 32.7 Å². The number of aromatic nitrogens is 3. The minimum absolute atomic E-state index is 0.0387. The maximum absolute atomic E-state index is 11.9.